The first-order valence-corrected chi connectivity index (χ1v) is 9.26. The van der Waals surface area contributed by atoms with E-state index in [1.165, 1.54) is 0 Å². The van der Waals surface area contributed by atoms with Crippen molar-refractivity contribution in [2.75, 3.05) is 68.6 Å². The third-order valence-electron chi connectivity index (χ3n) is 3.42. The molecule has 2 rings (SSSR count). The second-order valence-electron chi connectivity index (χ2n) is 5.18. The zero-order valence-electron chi connectivity index (χ0n) is 13.4. The Balaban J connectivity index is 1.88. The molecule has 1 aromatic rings. The molecule has 1 aliphatic rings. The van der Waals surface area contributed by atoms with E-state index in [-0.39, 0.29) is 12.4 Å². The number of nitrogens with one attached hydrogen (secondary N) is 1. The lowest BCUT2D eigenvalue weighted by Crippen LogP contribution is -2.36. The maximum Gasteiger partial charge on any atom is 0.235 e. The van der Waals surface area contributed by atoms with Gasteiger partial charge in [0.15, 0.2) is 0 Å². The highest BCUT2D eigenvalue weighted by Gasteiger charge is 2.14. The van der Waals surface area contributed by atoms with E-state index in [2.05, 4.69) is 9.62 Å². The van der Waals surface area contributed by atoms with Crippen LogP contribution in [0.3, 0.4) is 0 Å². The van der Waals surface area contributed by atoms with Gasteiger partial charge >= 0.3 is 0 Å². The minimum absolute atomic E-state index is 0.0848. The Labute approximate surface area is 137 Å². The monoisotopic (exact) mass is 344 g/mol. The van der Waals surface area contributed by atoms with Crippen molar-refractivity contribution in [1.29, 1.82) is 0 Å². The summed E-state index contributed by atoms with van der Waals surface area (Å²) in [7, 11) is -1.86. The first kappa shape index (κ1) is 18.0. The van der Waals surface area contributed by atoms with Crippen molar-refractivity contribution in [2.45, 2.75) is 0 Å². The summed E-state index contributed by atoms with van der Waals surface area (Å²) in [6.07, 6.45) is 0. The van der Waals surface area contributed by atoms with E-state index in [1.807, 2.05) is 18.2 Å². The lowest BCUT2D eigenvalue weighted by Gasteiger charge is -2.29. The van der Waals surface area contributed by atoms with Gasteiger partial charge in [0.25, 0.3) is 0 Å². The van der Waals surface area contributed by atoms with Gasteiger partial charge in [-0.3, -0.25) is 4.72 Å². The number of rotatable bonds is 9. The molecule has 1 N–H and O–H groups in total. The Bertz CT molecular complexity index is 573. The Hall–Kier alpha value is -1.35. The molecule has 130 valence electrons. The predicted molar refractivity (Wildman–Crippen MR) is 89.6 cm³/mol. The van der Waals surface area contributed by atoms with Crippen LogP contribution in [0.5, 0.6) is 0 Å². The van der Waals surface area contributed by atoms with E-state index in [9.17, 15) is 8.42 Å². The van der Waals surface area contributed by atoms with Crippen LogP contribution in [0, 0.1) is 0 Å². The summed E-state index contributed by atoms with van der Waals surface area (Å²) in [5.41, 5.74) is 1.55. The van der Waals surface area contributed by atoms with Gasteiger partial charge in [0.2, 0.25) is 10.0 Å². The van der Waals surface area contributed by atoms with E-state index in [0.29, 0.717) is 32.1 Å². The van der Waals surface area contributed by atoms with Crippen molar-refractivity contribution in [3.8, 4) is 0 Å². The Morgan fingerprint density at radius 1 is 1.22 bits per heavy atom. The molecule has 8 heteroatoms. The lowest BCUT2D eigenvalue weighted by molar-refractivity contribution is 0.0785. The smallest absolute Gasteiger partial charge is 0.235 e. The van der Waals surface area contributed by atoms with Gasteiger partial charge in [0, 0.05) is 25.9 Å². The molecule has 1 aliphatic heterocycles. The second kappa shape index (κ2) is 9.07. The van der Waals surface area contributed by atoms with Gasteiger partial charge < -0.3 is 19.1 Å². The molecule has 0 unspecified atom stereocenters. The van der Waals surface area contributed by atoms with Gasteiger partial charge in [0.1, 0.15) is 0 Å². The number of methoxy groups -OCH3 is 1. The van der Waals surface area contributed by atoms with E-state index in [4.69, 9.17) is 14.2 Å². The summed E-state index contributed by atoms with van der Waals surface area (Å²) >= 11 is 0. The Kier molecular flexibility index (Phi) is 7.10. The first-order chi connectivity index (χ1) is 11.1. The molecule has 0 aromatic heterocycles. The number of nitrogens with zero attached hydrogens (tertiary/aromatic N) is 1. The maximum atomic E-state index is 12.1. The van der Waals surface area contributed by atoms with Crippen molar-refractivity contribution in [3.05, 3.63) is 24.3 Å². The molecule has 0 radical (unpaired) electrons. The molecule has 1 fully saturated rings. The van der Waals surface area contributed by atoms with Crippen LogP contribution in [0.4, 0.5) is 11.4 Å². The first-order valence-electron chi connectivity index (χ1n) is 7.61. The normalized spacial score (nSPS) is 15.6. The van der Waals surface area contributed by atoms with Crippen LogP contribution in [-0.2, 0) is 24.2 Å². The fourth-order valence-corrected chi connectivity index (χ4v) is 3.16. The summed E-state index contributed by atoms with van der Waals surface area (Å²) in [5, 5.41) is 0. The summed E-state index contributed by atoms with van der Waals surface area (Å²) < 4.78 is 42.1. The van der Waals surface area contributed by atoms with Crippen molar-refractivity contribution in [3.63, 3.8) is 0 Å². The zero-order chi connectivity index (χ0) is 16.5. The lowest BCUT2D eigenvalue weighted by atomic mass is 10.2. The van der Waals surface area contributed by atoms with E-state index < -0.39 is 10.0 Å². The molecule has 0 atom stereocenters. The van der Waals surface area contributed by atoms with E-state index >= 15 is 0 Å². The minimum Gasteiger partial charge on any atom is -0.382 e. The van der Waals surface area contributed by atoms with Crippen LogP contribution in [0.1, 0.15) is 0 Å². The fraction of sp³-hybridized carbons (Fsp3) is 0.600. The summed E-state index contributed by atoms with van der Waals surface area (Å²) in [4.78, 5) is 2.18. The quantitative estimate of drug-likeness (QED) is 0.672. The van der Waals surface area contributed by atoms with Gasteiger partial charge in [-0.15, -0.1) is 0 Å². The van der Waals surface area contributed by atoms with Crippen LogP contribution in [0.15, 0.2) is 24.3 Å². The Morgan fingerprint density at radius 2 is 2.00 bits per heavy atom. The third-order valence-corrected chi connectivity index (χ3v) is 4.67. The number of anilines is 2. The Morgan fingerprint density at radius 3 is 2.74 bits per heavy atom. The highest BCUT2D eigenvalue weighted by Crippen LogP contribution is 2.21. The van der Waals surface area contributed by atoms with Crippen molar-refractivity contribution in [1.82, 2.24) is 0 Å². The van der Waals surface area contributed by atoms with Crippen molar-refractivity contribution >= 4 is 21.4 Å². The molecule has 1 saturated heterocycles. The van der Waals surface area contributed by atoms with Gasteiger partial charge in [0.05, 0.1) is 44.5 Å². The van der Waals surface area contributed by atoms with Crippen LogP contribution in [0.2, 0.25) is 0 Å². The van der Waals surface area contributed by atoms with Crippen LogP contribution in [-0.4, -0.2) is 67.4 Å². The number of benzene rings is 1. The number of hydrogen-bond acceptors (Lipinski definition) is 6. The number of hydrogen-bond donors (Lipinski definition) is 1. The number of morpholine rings is 1. The van der Waals surface area contributed by atoms with Gasteiger partial charge in [-0.25, -0.2) is 8.42 Å². The molecule has 0 saturated carbocycles. The SMILES string of the molecule is COCCOCCS(=O)(=O)Nc1cccc(N2CCOCC2)c1. The highest BCUT2D eigenvalue weighted by atomic mass is 32.2. The summed E-state index contributed by atoms with van der Waals surface area (Å²) in [5.74, 6) is -0.0848. The number of sulfonamides is 1. The molecule has 23 heavy (non-hydrogen) atoms. The predicted octanol–water partition coefficient (Wildman–Crippen LogP) is 0.928. The molecular weight excluding hydrogens is 320 g/mol. The molecule has 1 heterocycles. The third kappa shape index (κ3) is 6.34. The molecular formula is C15H24N2O5S. The standard InChI is InChI=1S/C15H24N2O5S/c1-20-9-10-22-11-12-23(18,19)16-14-3-2-4-15(13-14)17-5-7-21-8-6-17/h2-4,13,16H,5-12H2,1H3. The minimum atomic E-state index is -3.43. The van der Waals surface area contributed by atoms with Crippen LogP contribution in [0.25, 0.3) is 0 Å². The topological polar surface area (TPSA) is 77.1 Å². The number of ether oxygens (including phenoxy) is 3. The van der Waals surface area contributed by atoms with E-state index in [1.54, 1.807) is 13.2 Å². The van der Waals surface area contributed by atoms with Crippen LogP contribution < -0.4 is 9.62 Å². The fourth-order valence-electron chi connectivity index (χ4n) is 2.23. The van der Waals surface area contributed by atoms with Crippen molar-refractivity contribution in [2.24, 2.45) is 0 Å². The van der Waals surface area contributed by atoms with Crippen LogP contribution >= 0.6 is 0 Å². The molecule has 7 nitrogen and oxygen atoms in total. The van der Waals surface area contributed by atoms with E-state index in [0.717, 1.165) is 18.8 Å². The van der Waals surface area contributed by atoms with Gasteiger partial charge in [-0.05, 0) is 18.2 Å². The highest BCUT2D eigenvalue weighted by molar-refractivity contribution is 7.92. The maximum absolute atomic E-state index is 12.1. The summed E-state index contributed by atoms with van der Waals surface area (Å²) in [6, 6.07) is 7.40. The van der Waals surface area contributed by atoms with Crippen molar-refractivity contribution < 1.29 is 22.6 Å². The molecule has 0 aliphatic carbocycles. The molecule has 0 spiro atoms. The summed E-state index contributed by atoms with van der Waals surface area (Å²) in [6.45, 7) is 3.98. The molecule has 1 aromatic carbocycles. The molecule has 0 bridgehead atoms. The average molecular weight is 344 g/mol. The average Bonchev–Trinajstić information content (AvgIpc) is 2.55. The zero-order valence-corrected chi connectivity index (χ0v) is 14.2. The van der Waals surface area contributed by atoms with Gasteiger partial charge in [-0.1, -0.05) is 6.07 Å². The second-order valence-corrected chi connectivity index (χ2v) is 7.02. The largest absolute Gasteiger partial charge is 0.382 e. The molecule has 0 amide bonds. The van der Waals surface area contributed by atoms with Gasteiger partial charge in [-0.2, -0.15) is 0 Å².